The third kappa shape index (κ3) is 7.41. The Morgan fingerprint density at radius 1 is 1.00 bits per heavy atom. The van der Waals surface area contributed by atoms with E-state index in [0.717, 1.165) is 17.2 Å². The highest BCUT2D eigenvalue weighted by Gasteiger charge is 2.51. The molecule has 0 aromatic carbocycles. The second kappa shape index (κ2) is 9.92. The number of H-pyrrole nitrogens is 1. The highest BCUT2D eigenvalue weighted by Crippen LogP contribution is 2.60. The molecule has 0 saturated carbocycles. The van der Waals surface area contributed by atoms with Crippen molar-refractivity contribution < 1.29 is 75.1 Å². The van der Waals surface area contributed by atoms with Crippen LogP contribution in [0.15, 0.2) is 17.4 Å². The number of aromatic amines is 1. The van der Waals surface area contributed by atoms with Gasteiger partial charge < -0.3 is 44.2 Å². The monoisotopic (exact) mass is 588 g/mol. The summed E-state index contributed by atoms with van der Waals surface area (Å²) in [4.78, 5) is 75.6. The Labute approximate surface area is 191 Å². The number of aromatic nitrogens is 4. The van der Waals surface area contributed by atoms with E-state index in [0.29, 0.717) is 0 Å². The van der Waals surface area contributed by atoms with Crippen LogP contribution in [0.1, 0.15) is 6.23 Å². The molecule has 0 aliphatic carbocycles. The smallest absolute Gasteiger partial charge is 0.386 e. The second-order valence-electron chi connectivity index (χ2n) is 6.56. The first-order valence-electron chi connectivity index (χ1n) is 8.63. The van der Waals surface area contributed by atoms with E-state index in [4.69, 9.17) is 24.3 Å². The van der Waals surface area contributed by atoms with Gasteiger partial charge >= 0.3 is 31.3 Å². The van der Waals surface area contributed by atoms with Gasteiger partial charge in [0.25, 0.3) is 5.56 Å². The number of nitrogens with zero attached hydrogens (tertiary/aromatic N) is 3. The van der Waals surface area contributed by atoms with E-state index in [-0.39, 0.29) is 11.2 Å². The molecular weight excluding hydrogens is 572 g/mol. The molecule has 1 saturated heterocycles. The van der Waals surface area contributed by atoms with Crippen LogP contribution in [-0.4, -0.2) is 78.9 Å². The van der Waals surface area contributed by atoms with Crippen molar-refractivity contribution in [2.24, 2.45) is 0 Å². The van der Waals surface area contributed by atoms with Gasteiger partial charge in [0.1, 0.15) is 18.3 Å². The van der Waals surface area contributed by atoms with E-state index in [9.17, 15) is 37.9 Å². The molecule has 0 amide bonds. The normalized spacial score (nSPS) is 27.1. The number of hydrogen-bond donors (Lipinski definition) is 8. The fraction of sp³-hybridized carbons (Fsp3) is 0.500. The molecule has 6 atom stereocenters. The van der Waals surface area contributed by atoms with Crippen LogP contribution < -0.4 is 5.56 Å². The predicted octanol–water partition coefficient (Wildman–Crippen LogP) is -1.80. The van der Waals surface area contributed by atoms with Crippen LogP contribution in [0.25, 0.3) is 11.2 Å². The van der Waals surface area contributed by atoms with Gasteiger partial charge in [-0.15, -0.1) is 0 Å². The van der Waals surface area contributed by atoms with E-state index in [1.54, 1.807) is 0 Å². The molecule has 0 bridgehead atoms. The highest BCUT2D eigenvalue weighted by molar-refractivity contribution is 7.61. The van der Waals surface area contributed by atoms with E-state index in [1.165, 1.54) is 0 Å². The lowest BCUT2D eigenvalue weighted by molar-refractivity contribution is -0.0501. The summed E-state index contributed by atoms with van der Waals surface area (Å²) in [5.74, 6) is 0. The molecule has 1 fully saturated rings. The van der Waals surface area contributed by atoms with Crippen LogP contribution in [0.2, 0.25) is 0 Å². The fourth-order valence-corrected chi connectivity index (χ4v) is 6.29. The molecule has 2 unspecified atom stereocenters. The largest absolute Gasteiger partial charge is 0.481 e. The number of fused-ring (bicyclic) bond motifs is 1. The van der Waals surface area contributed by atoms with Gasteiger partial charge in [-0.2, -0.15) is 8.62 Å². The van der Waals surface area contributed by atoms with Crippen molar-refractivity contribution in [3.8, 4) is 0 Å². The number of hydrogen-bond acceptors (Lipinski definition) is 13. The minimum atomic E-state index is -5.64. The van der Waals surface area contributed by atoms with Gasteiger partial charge in [0.2, 0.25) is 0 Å². The molecule has 25 heteroatoms. The average molecular weight is 588 g/mol. The lowest BCUT2D eigenvalue weighted by atomic mass is 10.1. The standard InChI is InChI=1S/C10H16N4O17P4/c15-6-7(29-35(25,26)31-33(20,21)22)4(1-27-34(23,24)30-32(17,18)19)28-10(6)14-3-13-5-8(14)11-2-12-9(5)16/h2-4,6-7,10,15H,1H2,(H,23,24)(H,25,26)(H,11,12,16)(H2,17,18,19)(H2,20,21,22)/t4-,6-,7-,10-/m1/s1. The zero-order chi connectivity index (χ0) is 26.4. The topological polar surface area (TPSA) is 320 Å². The van der Waals surface area contributed by atoms with Crippen LogP contribution >= 0.6 is 31.3 Å². The number of aliphatic hydroxyl groups is 1. The van der Waals surface area contributed by atoms with Gasteiger partial charge in [-0.1, -0.05) is 0 Å². The van der Waals surface area contributed by atoms with Crippen molar-refractivity contribution in [3.63, 3.8) is 0 Å². The molecule has 0 spiro atoms. The molecule has 3 heterocycles. The molecule has 2 aromatic rings. The highest BCUT2D eigenvalue weighted by atomic mass is 31.3. The SMILES string of the molecule is O=c1[nH]cnc2c1ncn2[C@@H]1O[C@H](COP(=O)(O)OP(=O)(O)O)[C@@H](OP(=O)(O)OP(=O)(O)O)[C@H]1O. The zero-order valence-electron chi connectivity index (χ0n) is 16.5. The third-order valence-corrected chi connectivity index (χ3v) is 8.36. The number of ether oxygens (including phenoxy) is 1. The van der Waals surface area contributed by atoms with Gasteiger partial charge in [-0.25, -0.2) is 28.2 Å². The molecule has 8 N–H and O–H groups in total. The minimum Gasteiger partial charge on any atom is -0.386 e. The number of imidazole rings is 1. The first-order chi connectivity index (χ1) is 15.9. The maximum Gasteiger partial charge on any atom is 0.481 e. The molecular formula is C10H16N4O17P4. The quantitative estimate of drug-likeness (QED) is 0.142. The maximum absolute atomic E-state index is 12.0. The predicted molar refractivity (Wildman–Crippen MR) is 105 cm³/mol. The summed E-state index contributed by atoms with van der Waals surface area (Å²) in [6, 6.07) is 0. The van der Waals surface area contributed by atoms with E-state index < -0.39 is 68.0 Å². The number of aliphatic hydroxyl groups excluding tert-OH is 1. The van der Waals surface area contributed by atoms with E-state index >= 15 is 0 Å². The molecule has 21 nitrogen and oxygen atoms in total. The van der Waals surface area contributed by atoms with Crippen molar-refractivity contribution in [1.82, 2.24) is 19.5 Å². The Kier molecular flexibility index (Phi) is 8.04. The minimum absolute atomic E-state index is 0.172. The Bertz CT molecular complexity index is 1330. The summed E-state index contributed by atoms with van der Waals surface area (Å²) in [6.07, 6.45) is -5.73. The Hall–Kier alpha value is -1.21. The molecule has 1 aliphatic heterocycles. The van der Waals surface area contributed by atoms with Crippen molar-refractivity contribution in [3.05, 3.63) is 23.0 Å². The van der Waals surface area contributed by atoms with Crippen LogP contribution in [0, 0.1) is 0 Å². The Balaban J connectivity index is 1.92. The molecule has 1 aliphatic rings. The van der Waals surface area contributed by atoms with Crippen molar-refractivity contribution in [2.75, 3.05) is 6.61 Å². The zero-order valence-corrected chi connectivity index (χ0v) is 20.1. The summed E-state index contributed by atoms with van der Waals surface area (Å²) in [5, 5.41) is 10.7. The maximum atomic E-state index is 12.0. The first-order valence-corrected chi connectivity index (χ1v) is 14.7. The van der Waals surface area contributed by atoms with Gasteiger partial charge in [0.15, 0.2) is 17.4 Å². The molecule has 3 rings (SSSR count). The number of nitrogens with one attached hydrogen (secondary N) is 1. The number of phosphoric acid groups is 4. The van der Waals surface area contributed by atoms with Crippen molar-refractivity contribution >= 4 is 42.5 Å². The van der Waals surface area contributed by atoms with Crippen LogP contribution in [0.3, 0.4) is 0 Å². The van der Waals surface area contributed by atoms with E-state index in [2.05, 4.69) is 32.6 Å². The Morgan fingerprint density at radius 2 is 1.60 bits per heavy atom. The van der Waals surface area contributed by atoms with Crippen LogP contribution in [0.4, 0.5) is 0 Å². The summed E-state index contributed by atoms with van der Waals surface area (Å²) < 4.78 is 68.0. The molecule has 35 heavy (non-hydrogen) atoms. The number of rotatable bonds is 10. The van der Waals surface area contributed by atoms with Crippen molar-refractivity contribution in [1.29, 1.82) is 0 Å². The van der Waals surface area contributed by atoms with Gasteiger partial charge in [-0.3, -0.25) is 18.4 Å². The van der Waals surface area contributed by atoms with Crippen LogP contribution in [-0.2, 0) is 40.7 Å². The first kappa shape index (κ1) is 28.4. The summed E-state index contributed by atoms with van der Waals surface area (Å²) in [7, 11) is -22.2. The summed E-state index contributed by atoms with van der Waals surface area (Å²) in [6.45, 7) is -1.21. The van der Waals surface area contributed by atoms with Crippen molar-refractivity contribution in [2.45, 2.75) is 24.5 Å². The molecule has 0 radical (unpaired) electrons. The second-order valence-corrected chi connectivity index (χ2v) is 12.2. The van der Waals surface area contributed by atoms with Gasteiger partial charge in [-0.05, 0) is 0 Å². The summed E-state index contributed by atoms with van der Waals surface area (Å²) in [5.41, 5.74) is -1.10. The fourth-order valence-electron chi connectivity index (χ4n) is 2.90. The average Bonchev–Trinajstić information content (AvgIpc) is 3.19. The molecule has 198 valence electrons. The third-order valence-electron chi connectivity index (χ3n) is 4.02. The lowest BCUT2D eigenvalue weighted by Gasteiger charge is -2.23. The van der Waals surface area contributed by atoms with E-state index in [1.807, 2.05) is 0 Å². The van der Waals surface area contributed by atoms with Crippen LogP contribution in [0.5, 0.6) is 0 Å². The lowest BCUT2D eigenvalue weighted by Crippen LogP contribution is -2.36. The van der Waals surface area contributed by atoms with Gasteiger partial charge in [0.05, 0.1) is 19.3 Å². The molecule has 2 aromatic heterocycles. The summed E-state index contributed by atoms with van der Waals surface area (Å²) >= 11 is 0. The Morgan fingerprint density at radius 3 is 2.20 bits per heavy atom. The number of phosphoric ester groups is 2. The van der Waals surface area contributed by atoms with Gasteiger partial charge in [0, 0.05) is 0 Å².